The van der Waals surface area contributed by atoms with Gasteiger partial charge in [-0.2, -0.15) is 0 Å². The lowest BCUT2D eigenvalue weighted by Crippen LogP contribution is -2.17. The summed E-state index contributed by atoms with van der Waals surface area (Å²) in [5.41, 5.74) is -0.0317. The van der Waals surface area contributed by atoms with Crippen LogP contribution >= 0.6 is 0 Å². The van der Waals surface area contributed by atoms with Gasteiger partial charge in [-0.05, 0) is 13.0 Å². The number of methoxy groups -OCH3 is 2. The van der Waals surface area contributed by atoms with Gasteiger partial charge in [0.15, 0.2) is 15.9 Å². The molecule has 118 valence electrons. The van der Waals surface area contributed by atoms with Crippen LogP contribution in [0.5, 0.6) is 11.5 Å². The first-order valence-corrected chi connectivity index (χ1v) is 7.96. The Bertz CT molecular complexity index is 622. The molecule has 7 nitrogen and oxygen atoms in total. The van der Waals surface area contributed by atoms with Crippen LogP contribution in [0.2, 0.25) is 0 Å². The molecule has 1 atom stereocenters. The minimum absolute atomic E-state index is 0.0317. The van der Waals surface area contributed by atoms with Gasteiger partial charge >= 0.3 is 5.97 Å². The first-order chi connectivity index (χ1) is 9.76. The summed E-state index contributed by atoms with van der Waals surface area (Å²) >= 11 is 0. The number of ether oxygens (including phenoxy) is 3. The van der Waals surface area contributed by atoms with Crippen molar-refractivity contribution in [1.29, 1.82) is 0 Å². The minimum Gasteiger partial charge on any atom is -0.497 e. The zero-order valence-electron chi connectivity index (χ0n) is 12.2. The molecule has 1 N–H and O–H groups in total. The van der Waals surface area contributed by atoms with Crippen molar-refractivity contribution in [2.24, 2.45) is 0 Å². The van der Waals surface area contributed by atoms with E-state index in [4.69, 9.17) is 14.2 Å². The molecule has 0 aromatic heterocycles. The lowest BCUT2D eigenvalue weighted by molar-refractivity contribution is -0.153. The van der Waals surface area contributed by atoms with Crippen LogP contribution in [-0.4, -0.2) is 46.6 Å². The number of esters is 1. The molecule has 0 aliphatic rings. The summed E-state index contributed by atoms with van der Waals surface area (Å²) in [4.78, 5) is 11.5. The molecule has 0 amide bonds. The molecule has 0 aliphatic heterocycles. The largest absolute Gasteiger partial charge is 0.497 e. The van der Waals surface area contributed by atoms with Crippen molar-refractivity contribution in [2.75, 3.05) is 27.1 Å². The standard InChI is InChI=1S/C13H18O7S/c1-5-20-13(15)11(14)9-6-8(18-2)7-10(12(9)19-3)21(4,16)17/h6-7,11,14H,5H2,1-4H3. The van der Waals surface area contributed by atoms with E-state index in [2.05, 4.69) is 0 Å². The second-order valence-electron chi connectivity index (χ2n) is 4.17. The number of hydrogen-bond donors (Lipinski definition) is 1. The van der Waals surface area contributed by atoms with Crippen LogP contribution < -0.4 is 9.47 Å². The lowest BCUT2D eigenvalue weighted by Gasteiger charge is -2.17. The maximum absolute atomic E-state index is 11.8. The normalized spacial score (nSPS) is 12.6. The molecule has 0 heterocycles. The highest BCUT2D eigenvalue weighted by atomic mass is 32.2. The van der Waals surface area contributed by atoms with Crippen LogP contribution in [-0.2, 0) is 19.4 Å². The van der Waals surface area contributed by atoms with E-state index in [-0.39, 0.29) is 28.6 Å². The van der Waals surface area contributed by atoms with Gasteiger partial charge in [0.1, 0.15) is 16.4 Å². The Kier molecular flexibility index (Phi) is 5.56. The molecule has 1 aromatic rings. The molecule has 0 fully saturated rings. The Morgan fingerprint density at radius 3 is 2.33 bits per heavy atom. The molecule has 1 aromatic carbocycles. The third kappa shape index (κ3) is 3.85. The van der Waals surface area contributed by atoms with Crippen molar-refractivity contribution in [3.05, 3.63) is 17.7 Å². The fraction of sp³-hybridized carbons (Fsp3) is 0.462. The van der Waals surface area contributed by atoms with E-state index in [0.29, 0.717) is 0 Å². The van der Waals surface area contributed by atoms with Crippen molar-refractivity contribution < 1.29 is 32.5 Å². The number of carbonyl (C=O) groups excluding carboxylic acids is 1. The average Bonchev–Trinajstić information content (AvgIpc) is 2.44. The summed E-state index contributed by atoms with van der Waals surface area (Å²) in [6.07, 6.45) is -0.680. The predicted octanol–water partition coefficient (Wildman–Crippen LogP) is 0.704. The molecular weight excluding hydrogens is 300 g/mol. The molecule has 0 radical (unpaired) electrons. The van der Waals surface area contributed by atoms with Crippen LogP contribution in [0.4, 0.5) is 0 Å². The lowest BCUT2D eigenvalue weighted by atomic mass is 10.1. The Balaban J connectivity index is 3.53. The fourth-order valence-corrected chi connectivity index (χ4v) is 2.63. The summed E-state index contributed by atoms with van der Waals surface area (Å²) in [6, 6.07) is 2.59. The highest BCUT2D eigenvalue weighted by molar-refractivity contribution is 7.90. The Hall–Kier alpha value is -1.80. The van der Waals surface area contributed by atoms with Crippen molar-refractivity contribution in [3.63, 3.8) is 0 Å². The van der Waals surface area contributed by atoms with Gasteiger partial charge in [0, 0.05) is 17.9 Å². The number of sulfone groups is 1. The minimum atomic E-state index is -3.64. The average molecular weight is 318 g/mol. The van der Waals surface area contributed by atoms with E-state index >= 15 is 0 Å². The molecule has 1 unspecified atom stereocenters. The molecule has 0 bridgehead atoms. The van der Waals surface area contributed by atoms with Gasteiger partial charge in [0.05, 0.1) is 20.8 Å². The van der Waals surface area contributed by atoms with Crippen molar-refractivity contribution in [3.8, 4) is 11.5 Å². The van der Waals surface area contributed by atoms with E-state index < -0.39 is 21.9 Å². The van der Waals surface area contributed by atoms with Crippen LogP contribution in [0.1, 0.15) is 18.6 Å². The maximum Gasteiger partial charge on any atom is 0.339 e. The molecule has 0 aliphatic carbocycles. The summed E-state index contributed by atoms with van der Waals surface area (Å²) in [7, 11) is -1.05. The van der Waals surface area contributed by atoms with Crippen LogP contribution in [0, 0.1) is 0 Å². The number of hydrogen-bond acceptors (Lipinski definition) is 7. The highest BCUT2D eigenvalue weighted by Crippen LogP contribution is 2.36. The van der Waals surface area contributed by atoms with Gasteiger partial charge in [-0.15, -0.1) is 0 Å². The highest BCUT2D eigenvalue weighted by Gasteiger charge is 2.28. The number of carbonyl (C=O) groups is 1. The van der Waals surface area contributed by atoms with Crippen LogP contribution in [0.25, 0.3) is 0 Å². The van der Waals surface area contributed by atoms with E-state index in [0.717, 1.165) is 6.26 Å². The first kappa shape index (κ1) is 17.3. The number of aliphatic hydroxyl groups excluding tert-OH is 1. The van der Waals surface area contributed by atoms with E-state index in [1.165, 1.54) is 26.4 Å². The Morgan fingerprint density at radius 2 is 1.90 bits per heavy atom. The van der Waals surface area contributed by atoms with Gasteiger partial charge in [-0.25, -0.2) is 13.2 Å². The number of rotatable bonds is 6. The van der Waals surface area contributed by atoms with Crippen LogP contribution in [0.3, 0.4) is 0 Å². The van der Waals surface area contributed by atoms with Crippen molar-refractivity contribution >= 4 is 15.8 Å². The molecule has 0 spiro atoms. The van der Waals surface area contributed by atoms with E-state index in [9.17, 15) is 18.3 Å². The van der Waals surface area contributed by atoms with Crippen molar-refractivity contribution in [2.45, 2.75) is 17.9 Å². The zero-order valence-corrected chi connectivity index (χ0v) is 13.1. The third-order valence-corrected chi connectivity index (χ3v) is 3.80. The summed E-state index contributed by atoms with van der Waals surface area (Å²) in [5, 5.41) is 10.0. The fourth-order valence-electron chi connectivity index (χ4n) is 1.76. The van der Waals surface area contributed by atoms with E-state index in [1.54, 1.807) is 6.92 Å². The predicted molar refractivity (Wildman–Crippen MR) is 74.2 cm³/mol. The van der Waals surface area contributed by atoms with Crippen LogP contribution in [0.15, 0.2) is 17.0 Å². The Labute approximate surface area is 123 Å². The third-order valence-electron chi connectivity index (χ3n) is 2.70. The number of aliphatic hydroxyl groups is 1. The molecule has 21 heavy (non-hydrogen) atoms. The van der Waals surface area contributed by atoms with Gasteiger partial charge in [-0.1, -0.05) is 0 Å². The summed E-state index contributed by atoms with van der Waals surface area (Å²) in [6.45, 7) is 1.68. The Morgan fingerprint density at radius 1 is 1.29 bits per heavy atom. The van der Waals surface area contributed by atoms with Gasteiger partial charge in [0.2, 0.25) is 0 Å². The summed E-state index contributed by atoms with van der Waals surface area (Å²) < 4.78 is 38.4. The molecule has 0 saturated carbocycles. The molecule has 8 heteroatoms. The van der Waals surface area contributed by atoms with Gasteiger partial charge < -0.3 is 19.3 Å². The smallest absolute Gasteiger partial charge is 0.339 e. The molecule has 0 saturated heterocycles. The van der Waals surface area contributed by atoms with E-state index in [1.807, 2.05) is 0 Å². The second-order valence-corrected chi connectivity index (χ2v) is 6.16. The zero-order chi connectivity index (χ0) is 16.2. The maximum atomic E-state index is 11.8. The SMILES string of the molecule is CCOC(=O)C(O)c1cc(OC)cc(S(C)(=O)=O)c1OC. The first-order valence-electron chi connectivity index (χ1n) is 6.06. The van der Waals surface area contributed by atoms with Gasteiger partial charge in [0.25, 0.3) is 0 Å². The number of benzene rings is 1. The monoisotopic (exact) mass is 318 g/mol. The molecular formula is C13H18O7S. The van der Waals surface area contributed by atoms with Crippen molar-refractivity contribution in [1.82, 2.24) is 0 Å². The van der Waals surface area contributed by atoms with Gasteiger partial charge in [-0.3, -0.25) is 0 Å². The molecule has 1 rings (SSSR count). The quantitative estimate of drug-likeness (QED) is 0.771. The summed E-state index contributed by atoms with van der Waals surface area (Å²) in [5.74, 6) is -0.836. The topological polar surface area (TPSA) is 99.1 Å². The second kappa shape index (κ2) is 6.77.